The van der Waals surface area contributed by atoms with E-state index in [1.165, 1.54) is 6.29 Å². The molecule has 1 aliphatic heterocycles. The molecular weight excluding hydrogens is 272 g/mol. The zero-order valence-electron chi connectivity index (χ0n) is 15.7. The zero-order chi connectivity index (χ0) is 17.2. The van der Waals surface area contributed by atoms with Crippen molar-refractivity contribution in [3.05, 3.63) is 12.7 Å². The van der Waals surface area contributed by atoms with Gasteiger partial charge in [0.15, 0.2) is 0 Å². The highest BCUT2D eigenvalue weighted by Gasteiger charge is 2.42. The van der Waals surface area contributed by atoms with Gasteiger partial charge in [0.2, 0.25) is 0 Å². The molecule has 0 radical (unpaired) electrons. The summed E-state index contributed by atoms with van der Waals surface area (Å²) in [6.07, 6.45) is 7.29. The van der Waals surface area contributed by atoms with Gasteiger partial charge in [0.25, 0.3) is 0 Å². The summed E-state index contributed by atoms with van der Waals surface area (Å²) in [6.45, 7) is 16.6. The molecule has 1 heterocycles. The molecule has 130 valence electrons. The smallest absolute Gasteiger partial charge is 0.126 e. The number of carbonyl (C=O) groups excluding carboxylic acids is 1. The van der Waals surface area contributed by atoms with Crippen molar-refractivity contribution in [3.63, 3.8) is 0 Å². The molecule has 3 heteroatoms. The number of nitrogens with one attached hydrogen (secondary N) is 2. The molecule has 1 fully saturated rings. The van der Waals surface area contributed by atoms with Crippen LogP contribution in [0.1, 0.15) is 60.3 Å². The second-order valence-electron chi connectivity index (χ2n) is 7.56. The number of carbonyl (C=O) groups is 1. The SMILES string of the molecule is C=CCCC(C=O)(C(C)CC)C1CCNC1.CNC(C)(C)C. The van der Waals surface area contributed by atoms with Gasteiger partial charge in [-0.2, -0.15) is 0 Å². The van der Waals surface area contributed by atoms with Gasteiger partial charge in [-0.05, 0) is 72.0 Å². The predicted octanol–water partition coefficient (Wildman–Crippen LogP) is 3.80. The van der Waals surface area contributed by atoms with Crippen LogP contribution in [0, 0.1) is 17.3 Å². The van der Waals surface area contributed by atoms with Gasteiger partial charge in [-0.15, -0.1) is 6.58 Å². The Morgan fingerprint density at radius 3 is 2.32 bits per heavy atom. The molecule has 0 spiro atoms. The number of allylic oxidation sites excluding steroid dienone is 1. The van der Waals surface area contributed by atoms with Crippen LogP contribution >= 0.6 is 0 Å². The van der Waals surface area contributed by atoms with Crippen LogP contribution in [0.4, 0.5) is 0 Å². The Hall–Kier alpha value is -0.670. The van der Waals surface area contributed by atoms with Crippen molar-refractivity contribution in [2.24, 2.45) is 17.3 Å². The summed E-state index contributed by atoms with van der Waals surface area (Å²) in [5.74, 6) is 0.981. The quantitative estimate of drug-likeness (QED) is 0.555. The second kappa shape index (κ2) is 10.2. The van der Waals surface area contributed by atoms with Crippen molar-refractivity contribution in [2.75, 3.05) is 20.1 Å². The molecule has 0 aromatic rings. The lowest BCUT2D eigenvalue weighted by Crippen LogP contribution is -2.39. The first-order valence-corrected chi connectivity index (χ1v) is 8.74. The van der Waals surface area contributed by atoms with E-state index >= 15 is 0 Å². The van der Waals surface area contributed by atoms with E-state index in [2.05, 4.69) is 51.8 Å². The average molecular weight is 311 g/mol. The van der Waals surface area contributed by atoms with Gasteiger partial charge in [-0.1, -0.05) is 26.3 Å². The van der Waals surface area contributed by atoms with Crippen LogP contribution in [-0.4, -0.2) is 32.0 Å². The number of hydrogen-bond acceptors (Lipinski definition) is 3. The lowest BCUT2D eigenvalue weighted by Gasteiger charge is -2.39. The number of hydrogen-bond donors (Lipinski definition) is 2. The van der Waals surface area contributed by atoms with Crippen molar-refractivity contribution < 1.29 is 4.79 Å². The van der Waals surface area contributed by atoms with Crippen LogP contribution < -0.4 is 10.6 Å². The van der Waals surface area contributed by atoms with Gasteiger partial charge in [-0.3, -0.25) is 0 Å². The van der Waals surface area contributed by atoms with Crippen LogP contribution in [0.5, 0.6) is 0 Å². The monoisotopic (exact) mass is 310 g/mol. The van der Waals surface area contributed by atoms with E-state index in [1.54, 1.807) is 0 Å². The minimum Gasteiger partial charge on any atom is -0.316 e. The Bertz CT molecular complexity index is 316. The van der Waals surface area contributed by atoms with Gasteiger partial charge in [0, 0.05) is 11.0 Å². The third-order valence-electron chi connectivity index (χ3n) is 5.10. The summed E-state index contributed by atoms with van der Waals surface area (Å²) in [7, 11) is 1.96. The topological polar surface area (TPSA) is 41.1 Å². The molecule has 0 aromatic heterocycles. The maximum absolute atomic E-state index is 11.7. The zero-order valence-corrected chi connectivity index (χ0v) is 15.7. The van der Waals surface area contributed by atoms with Gasteiger partial charge >= 0.3 is 0 Å². The van der Waals surface area contributed by atoms with E-state index < -0.39 is 0 Å². The minimum atomic E-state index is -0.132. The summed E-state index contributed by atoms with van der Waals surface area (Å²) in [5, 5.41) is 6.49. The second-order valence-corrected chi connectivity index (χ2v) is 7.56. The molecule has 3 atom stereocenters. The molecule has 3 nitrogen and oxygen atoms in total. The Balaban J connectivity index is 0.000000626. The fraction of sp³-hybridized carbons (Fsp3) is 0.842. The van der Waals surface area contributed by atoms with Gasteiger partial charge in [-0.25, -0.2) is 0 Å². The molecule has 0 aliphatic carbocycles. The Morgan fingerprint density at radius 1 is 1.41 bits per heavy atom. The minimum absolute atomic E-state index is 0.132. The fourth-order valence-electron chi connectivity index (χ4n) is 2.97. The highest BCUT2D eigenvalue weighted by Crippen LogP contribution is 2.43. The molecule has 22 heavy (non-hydrogen) atoms. The van der Waals surface area contributed by atoms with Crippen molar-refractivity contribution in [1.29, 1.82) is 0 Å². The lowest BCUT2D eigenvalue weighted by atomic mass is 9.64. The van der Waals surface area contributed by atoms with Gasteiger partial charge in [0.05, 0.1) is 0 Å². The molecule has 1 saturated heterocycles. The summed E-state index contributed by atoms with van der Waals surface area (Å²) in [4.78, 5) is 11.7. The maximum atomic E-state index is 11.7. The molecule has 0 bridgehead atoms. The highest BCUT2D eigenvalue weighted by molar-refractivity contribution is 5.61. The van der Waals surface area contributed by atoms with Crippen LogP contribution in [0.3, 0.4) is 0 Å². The Labute approximate surface area is 138 Å². The van der Waals surface area contributed by atoms with E-state index in [4.69, 9.17) is 0 Å². The van der Waals surface area contributed by atoms with Crippen molar-refractivity contribution in [3.8, 4) is 0 Å². The lowest BCUT2D eigenvalue weighted by molar-refractivity contribution is -0.122. The predicted molar refractivity (Wildman–Crippen MR) is 97.2 cm³/mol. The van der Waals surface area contributed by atoms with E-state index in [0.29, 0.717) is 17.4 Å². The van der Waals surface area contributed by atoms with Crippen molar-refractivity contribution >= 4 is 6.29 Å². The largest absolute Gasteiger partial charge is 0.316 e. The molecule has 1 rings (SSSR count). The molecule has 3 unspecified atom stereocenters. The van der Waals surface area contributed by atoms with Gasteiger partial charge in [0.1, 0.15) is 6.29 Å². The van der Waals surface area contributed by atoms with Crippen LogP contribution in [0.25, 0.3) is 0 Å². The van der Waals surface area contributed by atoms with E-state index in [-0.39, 0.29) is 5.41 Å². The molecule has 1 aliphatic rings. The molecule has 0 saturated carbocycles. The Morgan fingerprint density at radius 2 is 2.00 bits per heavy atom. The van der Waals surface area contributed by atoms with Crippen LogP contribution in [0.15, 0.2) is 12.7 Å². The van der Waals surface area contributed by atoms with E-state index in [1.807, 2.05) is 13.1 Å². The first-order valence-electron chi connectivity index (χ1n) is 8.74. The van der Waals surface area contributed by atoms with E-state index in [9.17, 15) is 4.79 Å². The summed E-state index contributed by atoms with van der Waals surface area (Å²) >= 11 is 0. The van der Waals surface area contributed by atoms with Crippen LogP contribution in [0.2, 0.25) is 0 Å². The van der Waals surface area contributed by atoms with Gasteiger partial charge < -0.3 is 15.4 Å². The number of rotatable bonds is 7. The standard InChI is InChI=1S/C14H25NO.C5H13N/c1-4-6-8-14(11-16,12(3)5-2)13-7-9-15-10-13;1-5(2,3)6-4/h4,11-13,15H,1,5-10H2,2-3H3;6H,1-4H3. The molecule has 0 aromatic carbocycles. The summed E-state index contributed by atoms with van der Waals surface area (Å²) < 4.78 is 0. The van der Waals surface area contributed by atoms with Crippen molar-refractivity contribution in [1.82, 2.24) is 10.6 Å². The van der Waals surface area contributed by atoms with E-state index in [0.717, 1.165) is 38.8 Å². The highest BCUT2D eigenvalue weighted by atomic mass is 16.1. The summed E-state index contributed by atoms with van der Waals surface area (Å²) in [5.41, 5.74) is 0.159. The average Bonchev–Trinajstić information content (AvgIpc) is 3.02. The third kappa shape index (κ3) is 6.62. The molecule has 0 amide bonds. The third-order valence-corrected chi connectivity index (χ3v) is 5.10. The first kappa shape index (κ1) is 21.3. The Kier molecular flexibility index (Phi) is 9.86. The normalized spacial score (nSPS) is 22.2. The first-order chi connectivity index (χ1) is 10.3. The fourth-order valence-corrected chi connectivity index (χ4v) is 2.97. The molecular formula is C19H38N2O. The summed E-state index contributed by atoms with van der Waals surface area (Å²) in [6, 6.07) is 0. The van der Waals surface area contributed by atoms with Crippen LogP contribution in [-0.2, 0) is 4.79 Å². The number of aldehydes is 1. The molecule has 2 N–H and O–H groups in total. The maximum Gasteiger partial charge on any atom is 0.126 e. The van der Waals surface area contributed by atoms with Crippen molar-refractivity contribution in [2.45, 2.75) is 65.8 Å².